The van der Waals surface area contributed by atoms with Gasteiger partial charge in [0.1, 0.15) is 5.78 Å². The topological polar surface area (TPSA) is 61.2 Å². The predicted octanol–water partition coefficient (Wildman–Crippen LogP) is 1.30. The molecule has 0 aliphatic rings. The minimum absolute atomic E-state index is 0.0698. The number of carbonyl (C=O) groups excluding carboxylic acids is 2. The van der Waals surface area contributed by atoms with Crippen LogP contribution < -0.4 is 0 Å². The molecular formula is C12H18N2O3. The van der Waals surface area contributed by atoms with Gasteiger partial charge in [0.05, 0.1) is 24.3 Å². The first-order chi connectivity index (χ1) is 8.04. The fourth-order valence-corrected chi connectivity index (χ4v) is 1.57. The smallest absolute Gasteiger partial charge is 0.173 e. The Labute approximate surface area is 101 Å². The molecule has 5 heteroatoms. The van der Waals surface area contributed by atoms with Crippen molar-refractivity contribution in [2.24, 2.45) is 7.05 Å². The maximum absolute atomic E-state index is 11.8. The molecule has 94 valence electrons. The number of ketones is 2. The molecule has 0 bridgehead atoms. The van der Waals surface area contributed by atoms with Gasteiger partial charge in [-0.05, 0) is 13.8 Å². The van der Waals surface area contributed by atoms with Gasteiger partial charge >= 0.3 is 0 Å². The predicted molar refractivity (Wildman–Crippen MR) is 63.0 cm³/mol. The Hall–Kier alpha value is -1.49. The van der Waals surface area contributed by atoms with Gasteiger partial charge in [-0.1, -0.05) is 0 Å². The van der Waals surface area contributed by atoms with E-state index in [-0.39, 0.29) is 18.0 Å². The first-order valence-corrected chi connectivity index (χ1v) is 5.67. The molecule has 1 aromatic heterocycles. The molecular weight excluding hydrogens is 220 g/mol. The first kappa shape index (κ1) is 13.6. The van der Waals surface area contributed by atoms with Crippen molar-refractivity contribution in [3.63, 3.8) is 0 Å². The zero-order valence-electron chi connectivity index (χ0n) is 10.5. The Morgan fingerprint density at radius 1 is 1.47 bits per heavy atom. The minimum atomic E-state index is -0.169. The third-order valence-electron chi connectivity index (χ3n) is 2.40. The average Bonchev–Trinajstić information content (AvgIpc) is 2.58. The van der Waals surface area contributed by atoms with Crippen molar-refractivity contribution in [1.82, 2.24) is 9.78 Å². The van der Waals surface area contributed by atoms with Crippen LogP contribution in [0.15, 0.2) is 6.20 Å². The summed E-state index contributed by atoms with van der Waals surface area (Å²) in [7, 11) is 1.75. The molecule has 0 fully saturated rings. The highest BCUT2D eigenvalue weighted by Gasteiger charge is 2.16. The summed E-state index contributed by atoms with van der Waals surface area (Å²) in [5.74, 6) is -0.260. The van der Waals surface area contributed by atoms with Gasteiger partial charge in [-0.2, -0.15) is 5.10 Å². The SMILES string of the molecule is CCOCCC(=O)CC(=O)c1cn(C)nc1C. The lowest BCUT2D eigenvalue weighted by Gasteiger charge is -2.00. The Balaban J connectivity index is 2.49. The summed E-state index contributed by atoms with van der Waals surface area (Å²) in [6.07, 6.45) is 1.87. The van der Waals surface area contributed by atoms with Crippen molar-refractivity contribution in [2.45, 2.75) is 26.7 Å². The standard InChI is InChI=1S/C12H18N2O3/c1-4-17-6-5-10(15)7-12(16)11-8-14(3)13-9(11)2/h8H,4-7H2,1-3H3. The van der Waals surface area contributed by atoms with Gasteiger partial charge in [0.15, 0.2) is 5.78 Å². The highest BCUT2D eigenvalue weighted by atomic mass is 16.5. The molecule has 0 aliphatic carbocycles. The molecule has 17 heavy (non-hydrogen) atoms. The lowest BCUT2D eigenvalue weighted by atomic mass is 10.1. The molecule has 0 aliphatic heterocycles. The fraction of sp³-hybridized carbons (Fsp3) is 0.583. The minimum Gasteiger partial charge on any atom is -0.381 e. The molecule has 0 amide bonds. The fourth-order valence-electron chi connectivity index (χ4n) is 1.57. The van der Waals surface area contributed by atoms with Crippen molar-refractivity contribution in [2.75, 3.05) is 13.2 Å². The van der Waals surface area contributed by atoms with Crippen molar-refractivity contribution >= 4 is 11.6 Å². The monoisotopic (exact) mass is 238 g/mol. The Morgan fingerprint density at radius 2 is 2.18 bits per heavy atom. The summed E-state index contributed by atoms with van der Waals surface area (Å²) < 4.78 is 6.65. The first-order valence-electron chi connectivity index (χ1n) is 5.67. The number of nitrogens with zero attached hydrogens (tertiary/aromatic N) is 2. The van der Waals surface area contributed by atoms with Crippen molar-refractivity contribution in [3.05, 3.63) is 17.5 Å². The van der Waals surface area contributed by atoms with Gasteiger partial charge in [-0.15, -0.1) is 0 Å². The van der Waals surface area contributed by atoms with Crippen LogP contribution in [0.5, 0.6) is 0 Å². The summed E-state index contributed by atoms with van der Waals surface area (Å²) in [5.41, 5.74) is 1.19. The molecule has 1 rings (SSSR count). The van der Waals surface area contributed by atoms with Gasteiger partial charge in [0.25, 0.3) is 0 Å². The van der Waals surface area contributed by atoms with E-state index in [1.165, 1.54) is 0 Å². The Bertz CT molecular complexity index is 410. The van der Waals surface area contributed by atoms with E-state index in [1.54, 1.807) is 24.9 Å². The number of aryl methyl sites for hydroxylation is 2. The maximum atomic E-state index is 11.8. The van der Waals surface area contributed by atoms with Crippen LogP contribution in [0, 0.1) is 6.92 Å². The largest absolute Gasteiger partial charge is 0.381 e. The van der Waals surface area contributed by atoms with Gasteiger partial charge in [-0.3, -0.25) is 14.3 Å². The van der Waals surface area contributed by atoms with Gasteiger partial charge in [-0.25, -0.2) is 0 Å². The molecule has 0 aromatic carbocycles. The van der Waals surface area contributed by atoms with Crippen molar-refractivity contribution in [1.29, 1.82) is 0 Å². The number of aromatic nitrogens is 2. The van der Waals surface area contributed by atoms with E-state index in [0.717, 1.165) is 0 Å². The number of Topliss-reactive ketones (excluding diaryl/α,β-unsaturated/α-hetero) is 2. The van der Waals surface area contributed by atoms with Gasteiger partial charge < -0.3 is 4.74 Å². The van der Waals surface area contributed by atoms with E-state index in [1.807, 2.05) is 6.92 Å². The second-order valence-electron chi connectivity index (χ2n) is 3.89. The molecule has 1 heterocycles. The number of hydrogen-bond donors (Lipinski definition) is 0. The second-order valence-corrected chi connectivity index (χ2v) is 3.89. The van der Waals surface area contributed by atoms with Crippen LogP contribution in [0.25, 0.3) is 0 Å². The molecule has 0 N–H and O–H groups in total. The number of carbonyl (C=O) groups is 2. The third kappa shape index (κ3) is 4.11. The normalized spacial score (nSPS) is 10.5. The molecule has 0 unspecified atom stereocenters. The number of hydrogen-bond acceptors (Lipinski definition) is 4. The lowest BCUT2D eigenvalue weighted by Crippen LogP contribution is -2.11. The maximum Gasteiger partial charge on any atom is 0.173 e. The number of ether oxygens (including phenoxy) is 1. The summed E-state index contributed by atoms with van der Waals surface area (Å²) in [4.78, 5) is 23.3. The van der Waals surface area contributed by atoms with Crippen LogP contribution in [0.2, 0.25) is 0 Å². The quantitative estimate of drug-likeness (QED) is 0.408. The van der Waals surface area contributed by atoms with E-state index >= 15 is 0 Å². The van der Waals surface area contributed by atoms with Crippen LogP contribution in [-0.2, 0) is 16.6 Å². The molecule has 1 aromatic rings. The molecule has 0 spiro atoms. The van der Waals surface area contributed by atoms with Crippen molar-refractivity contribution in [3.8, 4) is 0 Å². The molecule has 0 saturated heterocycles. The van der Waals surface area contributed by atoms with Crippen LogP contribution in [0.1, 0.15) is 35.8 Å². The summed E-state index contributed by atoms with van der Waals surface area (Å²) in [6.45, 7) is 4.60. The number of rotatable bonds is 7. The van der Waals surface area contributed by atoms with Crippen LogP contribution in [-0.4, -0.2) is 34.6 Å². The second kappa shape index (κ2) is 6.30. The van der Waals surface area contributed by atoms with Gasteiger partial charge in [0.2, 0.25) is 0 Å². The lowest BCUT2D eigenvalue weighted by molar-refractivity contribution is -0.119. The van der Waals surface area contributed by atoms with E-state index in [4.69, 9.17) is 4.74 Å². The highest BCUT2D eigenvalue weighted by Crippen LogP contribution is 2.09. The zero-order chi connectivity index (χ0) is 12.8. The summed E-state index contributed by atoms with van der Waals surface area (Å²) in [6, 6.07) is 0. The average molecular weight is 238 g/mol. The molecule has 5 nitrogen and oxygen atoms in total. The van der Waals surface area contributed by atoms with E-state index < -0.39 is 0 Å². The van der Waals surface area contributed by atoms with Crippen molar-refractivity contribution < 1.29 is 14.3 Å². The van der Waals surface area contributed by atoms with E-state index in [0.29, 0.717) is 30.9 Å². The van der Waals surface area contributed by atoms with E-state index in [9.17, 15) is 9.59 Å². The Morgan fingerprint density at radius 3 is 2.71 bits per heavy atom. The summed E-state index contributed by atoms with van der Waals surface area (Å²) >= 11 is 0. The molecule has 0 radical (unpaired) electrons. The molecule has 0 atom stereocenters. The Kier molecular flexibility index (Phi) is 5.03. The van der Waals surface area contributed by atoms with Gasteiger partial charge in [0, 0.05) is 26.3 Å². The van der Waals surface area contributed by atoms with Crippen LogP contribution >= 0.6 is 0 Å². The van der Waals surface area contributed by atoms with Crippen LogP contribution in [0.3, 0.4) is 0 Å². The zero-order valence-corrected chi connectivity index (χ0v) is 10.5. The highest BCUT2D eigenvalue weighted by molar-refractivity contribution is 6.08. The molecule has 0 saturated carbocycles. The van der Waals surface area contributed by atoms with E-state index in [2.05, 4.69) is 5.10 Å². The third-order valence-corrected chi connectivity index (χ3v) is 2.40. The summed E-state index contributed by atoms with van der Waals surface area (Å²) in [5, 5.41) is 4.07. The van der Waals surface area contributed by atoms with Crippen LogP contribution in [0.4, 0.5) is 0 Å².